The quantitative estimate of drug-likeness (QED) is 0.441. The Morgan fingerprint density at radius 3 is 2.46 bits per heavy atom. The molecule has 1 rings (SSSR count). The lowest BCUT2D eigenvalue weighted by Crippen LogP contribution is -2.16. The monoisotopic (exact) mass is 358 g/mol. The van der Waals surface area contributed by atoms with Crippen molar-refractivity contribution in [1.29, 1.82) is 0 Å². The van der Waals surface area contributed by atoms with Gasteiger partial charge in [0.2, 0.25) is 0 Å². The van der Waals surface area contributed by atoms with Gasteiger partial charge in [0.25, 0.3) is 0 Å². The smallest absolute Gasteiger partial charge is 0.396 e. The van der Waals surface area contributed by atoms with Crippen molar-refractivity contribution in [2.45, 2.75) is 51.6 Å². The Bertz CT molecular complexity index is 517. The predicted molar refractivity (Wildman–Crippen MR) is 92.2 cm³/mol. The van der Waals surface area contributed by atoms with E-state index < -0.39 is 19.7 Å². The number of aliphatic hydroxyl groups is 2. The van der Waals surface area contributed by atoms with E-state index in [0.29, 0.717) is 24.6 Å². The van der Waals surface area contributed by atoms with E-state index in [1.54, 1.807) is 37.3 Å². The first kappa shape index (κ1) is 20.8. The maximum atomic E-state index is 13.0. The van der Waals surface area contributed by atoms with Crippen LogP contribution in [0.1, 0.15) is 45.4 Å². The van der Waals surface area contributed by atoms with Crippen LogP contribution in [0.15, 0.2) is 30.3 Å². The van der Waals surface area contributed by atoms with Gasteiger partial charge in [0.1, 0.15) is 0 Å². The average molecular weight is 358 g/mol. The second-order valence-electron chi connectivity index (χ2n) is 5.66. The van der Waals surface area contributed by atoms with Gasteiger partial charge in [0.15, 0.2) is 0 Å². The summed E-state index contributed by atoms with van der Waals surface area (Å²) in [5, 5.41) is 18.3. The van der Waals surface area contributed by atoms with Crippen LogP contribution in [0.3, 0.4) is 0 Å². The molecule has 0 fully saturated rings. The number of hydrogen-bond acceptors (Lipinski definition) is 6. The van der Waals surface area contributed by atoms with Crippen molar-refractivity contribution in [3.05, 3.63) is 30.3 Å². The fraction of sp³-hybridized carbons (Fsp3) is 0.588. The minimum Gasteiger partial charge on any atom is -0.396 e. The Morgan fingerprint density at radius 2 is 1.83 bits per heavy atom. The van der Waals surface area contributed by atoms with Gasteiger partial charge in [-0.1, -0.05) is 31.0 Å². The molecule has 6 nitrogen and oxygen atoms in total. The van der Waals surface area contributed by atoms with Gasteiger partial charge in [0, 0.05) is 13.0 Å². The average Bonchev–Trinajstić information content (AvgIpc) is 2.55. The zero-order valence-corrected chi connectivity index (χ0v) is 15.0. The summed E-state index contributed by atoms with van der Waals surface area (Å²) < 4.78 is 23.5. The Kier molecular flexibility index (Phi) is 9.88. The molecular formula is C17H27O6P. The third-order valence-corrected chi connectivity index (χ3v) is 5.28. The zero-order chi connectivity index (χ0) is 17.8. The van der Waals surface area contributed by atoms with E-state index in [-0.39, 0.29) is 19.6 Å². The molecule has 136 valence electrons. The Balaban J connectivity index is 2.61. The van der Waals surface area contributed by atoms with Crippen molar-refractivity contribution in [1.82, 2.24) is 0 Å². The molecule has 0 bridgehead atoms. The Hall–Kier alpha value is -1.20. The first-order valence-corrected chi connectivity index (χ1v) is 9.84. The number of aliphatic hydroxyl groups excluding tert-OH is 2. The Labute approximate surface area is 143 Å². The molecule has 1 aromatic rings. The normalized spacial score (nSPS) is 14.8. The molecule has 0 amide bonds. The van der Waals surface area contributed by atoms with Gasteiger partial charge < -0.3 is 14.7 Å². The highest BCUT2D eigenvalue weighted by Crippen LogP contribution is 2.47. The fourth-order valence-corrected chi connectivity index (χ4v) is 3.57. The number of hydrogen-bond donors (Lipinski definition) is 2. The zero-order valence-electron chi connectivity index (χ0n) is 14.1. The summed E-state index contributed by atoms with van der Waals surface area (Å²) in [6.07, 6.45) is 2.83. The molecule has 7 heteroatoms. The van der Waals surface area contributed by atoms with Crippen LogP contribution >= 0.6 is 7.60 Å². The lowest BCUT2D eigenvalue weighted by Gasteiger charge is -2.19. The van der Waals surface area contributed by atoms with Gasteiger partial charge in [-0.3, -0.25) is 9.32 Å². The van der Waals surface area contributed by atoms with Crippen LogP contribution in [-0.4, -0.2) is 35.5 Å². The number of carbonyl (C=O) groups is 1. The van der Waals surface area contributed by atoms with Gasteiger partial charge in [-0.25, -0.2) is 4.57 Å². The molecule has 0 aliphatic carbocycles. The summed E-state index contributed by atoms with van der Waals surface area (Å²) in [5.41, 5.74) is 0. The summed E-state index contributed by atoms with van der Waals surface area (Å²) in [4.78, 5) is 12.0. The van der Waals surface area contributed by atoms with Crippen LogP contribution in [0.5, 0.6) is 0 Å². The van der Waals surface area contributed by atoms with E-state index in [1.807, 2.05) is 0 Å². The van der Waals surface area contributed by atoms with Gasteiger partial charge >= 0.3 is 13.6 Å². The summed E-state index contributed by atoms with van der Waals surface area (Å²) in [7, 11) is -3.75. The predicted octanol–water partition coefficient (Wildman–Crippen LogP) is 2.78. The summed E-state index contributed by atoms with van der Waals surface area (Å²) in [5.74, 6) is -0.566. The minimum atomic E-state index is -3.75. The number of unbranched alkanes of at least 4 members (excludes halogenated alkanes) is 3. The molecule has 2 unspecified atom stereocenters. The number of carbonyl (C=O) groups excluding carboxylic acids is 1. The van der Waals surface area contributed by atoms with E-state index in [1.165, 1.54) is 0 Å². The lowest BCUT2D eigenvalue weighted by molar-refractivity contribution is -0.135. The maximum absolute atomic E-state index is 13.0. The third kappa shape index (κ3) is 8.06. The van der Waals surface area contributed by atoms with E-state index in [0.717, 1.165) is 12.8 Å². The molecular weight excluding hydrogens is 331 g/mol. The van der Waals surface area contributed by atoms with E-state index in [2.05, 4.69) is 0 Å². The van der Waals surface area contributed by atoms with Gasteiger partial charge in [-0.05, 0) is 38.3 Å². The van der Waals surface area contributed by atoms with E-state index in [9.17, 15) is 14.5 Å². The largest absolute Gasteiger partial charge is 0.412 e. The molecule has 0 radical (unpaired) electrons. The van der Waals surface area contributed by atoms with Gasteiger partial charge in [-0.2, -0.15) is 0 Å². The fourth-order valence-electron chi connectivity index (χ4n) is 2.02. The van der Waals surface area contributed by atoms with Crippen LogP contribution in [-0.2, 0) is 18.4 Å². The van der Waals surface area contributed by atoms with Crippen LogP contribution in [0.4, 0.5) is 0 Å². The standard InChI is InChI=1S/C17H27O6P/c1-15(19)12-14-22-24(21,16-9-5-4-6-10-16)23-17(20)11-7-2-3-8-13-18/h4-6,9-10,15,18-19H,2-3,7-8,11-14H2,1H3. The van der Waals surface area contributed by atoms with Gasteiger partial charge in [-0.15, -0.1) is 0 Å². The van der Waals surface area contributed by atoms with Crippen LogP contribution in [0, 0.1) is 0 Å². The maximum Gasteiger partial charge on any atom is 0.412 e. The van der Waals surface area contributed by atoms with Crippen molar-refractivity contribution in [2.75, 3.05) is 13.2 Å². The number of rotatable bonds is 12. The van der Waals surface area contributed by atoms with Crippen molar-refractivity contribution >= 4 is 18.9 Å². The van der Waals surface area contributed by atoms with Crippen LogP contribution in [0.2, 0.25) is 0 Å². The van der Waals surface area contributed by atoms with E-state index >= 15 is 0 Å². The third-order valence-electron chi connectivity index (χ3n) is 3.38. The van der Waals surface area contributed by atoms with Gasteiger partial charge in [0.05, 0.1) is 18.0 Å². The van der Waals surface area contributed by atoms with Crippen molar-refractivity contribution < 1.29 is 28.6 Å². The second kappa shape index (κ2) is 11.4. The van der Waals surface area contributed by atoms with Crippen molar-refractivity contribution in [3.63, 3.8) is 0 Å². The molecule has 0 aromatic heterocycles. The lowest BCUT2D eigenvalue weighted by atomic mass is 10.1. The second-order valence-corrected chi connectivity index (χ2v) is 7.61. The molecule has 0 saturated heterocycles. The van der Waals surface area contributed by atoms with Crippen molar-refractivity contribution in [3.8, 4) is 0 Å². The van der Waals surface area contributed by atoms with Crippen LogP contribution in [0.25, 0.3) is 0 Å². The first-order valence-electron chi connectivity index (χ1n) is 8.29. The highest BCUT2D eigenvalue weighted by molar-refractivity contribution is 7.62. The molecule has 2 N–H and O–H groups in total. The van der Waals surface area contributed by atoms with E-state index in [4.69, 9.17) is 14.2 Å². The molecule has 24 heavy (non-hydrogen) atoms. The minimum absolute atomic E-state index is 0.0353. The molecule has 2 atom stereocenters. The number of benzene rings is 1. The topological polar surface area (TPSA) is 93.1 Å². The van der Waals surface area contributed by atoms with Crippen LogP contribution < -0.4 is 5.30 Å². The summed E-state index contributed by atoms with van der Waals surface area (Å²) in [6, 6.07) is 8.35. The molecule has 0 aliphatic rings. The molecule has 1 aromatic carbocycles. The Morgan fingerprint density at radius 1 is 1.17 bits per heavy atom. The highest BCUT2D eigenvalue weighted by Gasteiger charge is 2.31. The molecule has 0 spiro atoms. The first-order chi connectivity index (χ1) is 11.5. The molecule has 0 aliphatic heterocycles. The summed E-state index contributed by atoms with van der Waals surface area (Å²) in [6.45, 7) is 1.79. The molecule has 0 heterocycles. The van der Waals surface area contributed by atoms with Crippen molar-refractivity contribution in [2.24, 2.45) is 0 Å². The SMILES string of the molecule is CC(O)CCOP(=O)(OC(=O)CCCCCCO)c1ccccc1. The highest BCUT2D eigenvalue weighted by atomic mass is 31.2. The summed E-state index contributed by atoms with van der Waals surface area (Å²) >= 11 is 0. The molecule has 0 saturated carbocycles.